The molecule has 0 bridgehead atoms. The molecule has 0 saturated carbocycles. The third-order valence-corrected chi connectivity index (χ3v) is 8.34. The number of terminal acetylenes is 1. The van der Waals surface area contributed by atoms with E-state index in [1.54, 1.807) is 0 Å². The molecule has 1 aliphatic rings. The largest absolute Gasteiger partial charge is 0.490 e. The molecule has 2 aromatic heterocycles. The molecule has 0 aromatic carbocycles. The van der Waals surface area contributed by atoms with Gasteiger partial charge in [0.05, 0.1) is 6.61 Å². The van der Waals surface area contributed by atoms with E-state index in [-0.39, 0.29) is 11.5 Å². The summed E-state index contributed by atoms with van der Waals surface area (Å²) in [5, 5.41) is 20.8. The van der Waals surface area contributed by atoms with E-state index < -0.39 is 70.9 Å². The summed E-state index contributed by atoms with van der Waals surface area (Å²) in [6, 6.07) is 0. The zero-order valence-electron chi connectivity index (χ0n) is 17.2. The van der Waals surface area contributed by atoms with Gasteiger partial charge < -0.3 is 39.5 Å². The predicted molar refractivity (Wildman–Crippen MR) is 109 cm³/mol. The quantitative estimate of drug-likeness (QED) is 0.152. The van der Waals surface area contributed by atoms with E-state index in [0.717, 1.165) is 4.57 Å². The lowest BCUT2D eigenvalue weighted by atomic mass is 9.95. The Bertz CT molecular complexity index is 1400. The molecular formula is C14H17FN3O14P3. The Hall–Kier alpha value is -1.80. The number of aliphatic hydroxyl groups excluding tert-OH is 1. The second-order valence-electron chi connectivity index (χ2n) is 7.06. The zero-order valence-corrected chi connectivity index (χ0v) is 19.8. The van der Waals surface area contributed by atoms with Crippen LogP contribution >= 0.6 is 23.5 Å². The van der Waals surface area contributed by atoms with Crippen LogP contribution in [0.4, 0.5) is 4.39 Å². The molecule has 0 radical (unpaired) electrons. The van der Waals surface area contributed by atoms with Crippen LogP contribution in [-0.2, 0) is 31.6 Å². The number of nitrogens with one attached hydrogen (secondary N) is 1. The van der Waals surface area contributed by atoms with E-state index >= 15 is 0 Å². The number of hydrogen-bond donors (Lipinski definition) is 7. The summed E-state index contributed by atoms with van der Waals surface area (Å²) < 4.78 is 66.1. The van der Waals surface area contributed by atoms with Gasteiger partial charge in [-0.05, 0) is 6.92 Å². The highest BCUT2D eigenvalue weighted by molar-refractivity contribution is 7.66. The second-order valence-corrected chi connectivity index (χ2v) is 11.5. The number of halogens is 1. The molecule has 0 aliphatic carbocycles. The smallest absolute Gasteiger partial charge is 0.386 e. The first kappa shape index (κ1) is 27.8. The van der Waals surface area contributed by atoms with Gasteiger partial charge in [-0.2, -0.15) is 8.62 Å². The molecule has 3 unspecified atom stereocenters. The van der Waals surface area contributed by atoms with Crippen molar-refractivity contribution in [2.24, 2.45) is 0 Å². The fourth-order valence-electron chi connectivity index (χ4n) is 3.21. The van der Waals surface area contributed by atoms with Crippen LogP contribution in [0.2, 0.25) is 0 Å². The fraction of sp³-hybridized carbons (Fsp3) is 0.429. The normalized spacial score (nSPS) is 28.5. The van der Waals surface area contributed by atoms with Gasteiger partial charge >= 0.3 is 23.5 Å². The summed E-state index contributed by atoms with van der Waals surface area (Å²) >= 11 is 0. The van der Waals surface area contributed by atoms with Crippen molar-refractivity contribution in [3.63, 3.8) is 0 Å². The predicted octanol–water partition coefficient (Wildman–Crippen LogP) is -0.862. The number of phosphoric acid groups is 3. The van der Waals surface area contributed by atoms with E-state index in [1.807, 2.05) is 5.92 Å². The maximum atomic E-state index is 14.4. The number of fused-ring (bicyclic) bond motifs is 1. The molecule has 17 nitrogen and oxygen atoms in total. The van der Waals surface area contributed by atoms with Crippen molar-refractivity contribution in [2.45, 2.75) is 31.0 Å². The van der Waals surface area contributed by atoms with Crippen molar-refractivity contribution >= 4 is 34.5 Å². The van der Waals surface area contributed by atoms with Crippen molar-refractivity contribution in [3.05, 3.63) is 28.2 Å². The van der Waals surface area contributed by atoms with Crippen LogP contribution in [0.3, 0.4) is 0 Å². The van der Waals surface area contributed by atoms with Gasteiger partial charge in [0.1, 0.15) is 23.4 Å². The van der Waals surface area contributed by atoms with E-state index in [9.17, 15) is 42.9 Å². The topological polar surface area (TPSA) is 260 Å². The Morgan fingerprint density at radius 1 is 1.29 bits per heavy atom. The van der Waals surface area contributed by atoms with Gasteiger partial charge in [0, 0.05) is 6.20 Å². The molecule has 7 N–H and O–H groups in total. The van der Waals surface area contributed by atoms with Gasteiger partial charge in [-0.25, -0.2) is 23.1 Å². The number of phosphoric ester groups is 1. The minimum Gasteiger partial charge on any atom is -0.386 e. The Morgan fingerprint density at radius 3 is 2.49 bits per heavy atom. The van der Waals surface area contributed by atoms with Crippen molar-refractivity contribution in [1.82, 2.24) is 14.5 Å². The average molecular weight is 563 g/mol. The first-order chi connectivity index (χ1) is 15.9. The summed E-state index contributed by atoms with van der Waals surface area (Å²) in [7, 11) is -17.0. The van der Waals surface area contributed by atoms with Gasteiger partial charge in [-0.1, -0.05) is 5.92 Å². The SMILES string of the molecule is C#CC1(O)[C@@H](O)[C@@H](COP(=O)(O)OP(=O)(O)OP(=O)(O)O)O[C@H]1n1cc(F)c2c(=O)[nH]c(C)nc21. The van der Waals surface area contributed by atoms with Crippen molar-refractivity contribution in [1.29, 1.82) is 0 Å². The maximum Gasteiger partial charge on any atom is 0.490 e. The highest BCUT2D eigenvalue weighted by Crippen LogP contribution is 2.66. The lowest BCUT2D eigenvalue weighted by Gasteiger charge is -2.26. The molecule has 3 heterocycles. The first-order valence-electron chi connectivity index (χ1n) is 8.98. The lowest BCUT2D eigenvalue weighted by molar-refractivity contribution is -0.0717. The lowest BCUT2D eigenvalue weighted by Crippen LogP contribution is -2.45. The molecule has 21 heteroatoms. The first-order valence-corrected chi connectivity index (χ1v) is 13.5. The van der Waals surface area contributed by atoms with Crippen LogP contribution in [0.1, 0.15) is 12.1 Å². The van der Waals surface area contributed by atoms with Gasteiger partial charge in [0.25, 0.3) is 5.56 Å². The zero-order chi connectivity index (χ0) is 26.6. The summed E-state index contributed by atoms with van der Waals surface area (Å²) in [5.41, 5.74) is -3.83. The third kappa shape index (κ3) is 5.79. The molecule has 1 aliphatic heterocycles. The van der Waals surface area contributed by atoms with Gasteiger partial charge in [-0.15, -0.1) is 6.42 Å². The molecule has 0 spiro atoms. The minimum absolute atomic E-state index is 0.0499. The van der Waals surface area contributed by atoms with E-state index in [4.69, 9.17) is 20.9 Å². The summed E-state index contributed by atoms with van der Waals surface area (Å²) in [6.07, 6.45) is 0.343. The molecule has 194 valence electrons. The van der Waals surface area contributed by atoms with Crippen LogP contribution in [0.5, 0.6) is 0 Å². The Labute approximate surface area is 193 Å². The monoisotopic (exact) mass is 563 g/mol. The van der Waals surface area contributed by atoms with Gasteiger partial charge in [0.15, 0.2) is 23.3 Å². The minimum atomic E-state index is -5.81. The summed E-state index contributed by atoms with van der Waals surface area (Å²) in [6.45, 7) is 0.208. The highest BCUT2D eigenvalue weighted by Gasteiger charge is 2.56. The Balaban J connectivity index is 1.87. The van der Waals surface area contributed by atoms with Gasteiger partial charge in [-0.3, -0.25) is 13.9 Å². The third-order valence-electron chi connectivity index (χ3n) is 4.54. The number of H-pyrrole nitrogens is 1. The van der Waals surface area contributed by atoms with Gasteiger partial charge in [0.2, 0.25) is 0 Å². The average Bonchev–Trinajstić information content (AvgIpc) is 3.12. The second kappa shape index (κ2) is 9.25. The molecule has 1 fully saturated rings. The Morgan fingerprint density at radius 2 is 1.91 bits per heavy atom. The number of nitrogens with zero attached hydrogens (tertiary/aromatic N) is 2. The highest BCUT2D eigenvalue weighted by atomic mass is 31.3. The van der Waals surface area contributed by atoms with Crippen molar-refractivity contribution < 1.29 is 65.8 Å². The molecule has 0 amide bonds. The van der Waals surface area contributed by atoms with Crippen molar-refractivity contribution in [2.75, 3.05) is 6.61 Å². The number of aromatic nitrogens is 3. The van der Waals surface area contributed by atoms with Crippen LogP contribution in [-0.4, -0.2) is 68.7 Å². The molecule has 6 atom stereocenters. The number of ether oxygens (including phenoxy) is 1. The molecule has 2 aromatic rings. The number of aromatic amines is 1. The summed E-state index contributed by atoms with van der Waals surface area (Å²) in [4.78, 5) is 54.1. The molecule has 35 heavy (non-hydrogen) atoms. The van der Waals surface area contributed by atoms with E-state index in [2.05, 4.69) is 23.1 Å². The Kier molecular flexibility index (Phi) is 7.35. The van der Waals surface area contributed by atoms with Crippen LogP contribution in [0, 0.1) is 25.1 Å². The summed E-state index contributed by atoms with van der Waals surface area (Å²) in [5.74, 6) is 0.816. The number of hydrogen-bond acceptors (Lipinski definition) is 11. The standard InChI is InChI=1S/C14H17FN3O14P3/c1-3-14(21)10(19)8(5-29-34(25,26)32-35(27,28)31-33(22,23)24)30-13(14)18-4-7(15)9-11(18)16-6(2)17-12(9)20/h1,4,8,10,13,19,21H,5H2,2H3,(H,25,26)(H,27,28)(H,16,17,20)(H2,22,23,24)/t8-,10+,13-,14?/m1/s1. The van der Waals surface area contributed by atoms with Crippen LogP contribution in [0.25, 0.3) is 11.0 Å². The molecule has 3 rings (SSSR count). The van der Waals surface area contributed by atoms with E-state index in [0.29, 0.717) is 6.20 Å². The number of aryl methyl sites for hydroxylation is 1. The number of aliphatic hydroxyl groups is 2. The van der Waals surface area contributed by atoms with Crippen LogP contribution in [0.15, 0.2) is 11.0 Å². The number of rotatable bonds is 8. The fourth-order valence-corrected chi connectivity index (χ4v) is 6.24. The molecular weight excluding hydrogens is 546 g/mol. The van der Waals surface area contributed by atoms with E-state index in [1.165, 1.54) is 6.92 Å². The van der Waals surface area contributed by atoms with Crippen molar-refractivity contribution in [3.8, 4) is 12.3 Å². The maximum absolute atomic E-state index is 14.4. The molecule has 1 saturated heterocycles. The van der Waals surface area contributed by atoms with Crippen LogP contribution < -0.4 is 5.56 Å².